The van der Waals surface area contributed by atoms with Crippen LogP contribution in [0.4, 0.5) is 4.39 Å². The molecule has 0 aliphatic carbocycles. The van der Waals surface area contributed by atoms with E-state index in [0.717, 1.165) is 26.2 Å². The van der Waals surface area contributed by atoms with Crippen molar-refractivity contribution < 1.29 is 9.18 Å². The van der Waals surface area contributed by atoms with Crippen molar-refractivity contribution in [2.24, 2.45) is 0 Å². The van der Waals surface area contributed by atoms with E-state index in [4.69, 9.17) is 0 Å². The van der Waals surface area contributed by atoms with Crippen molar-refractivity contribution in [2.45, 2.75) is 13.0 Å². The van der Waals surface area contributed by atoms with Crippen LogP contribution in [0, 0.1) is 5.82 Å². The summed E-state index contributed by atoms with van der Waals surface area (Å²) in [5.41, 5.74) is 0.596. The van der Waals surface area contributed by atoms with Crippen LogP contribution in [0.1, 0.15) is 18.5 Å². The van der Waals surface area contributed by atoms with Crippen molar-refractivity contribution >= 4 is 5.91 Å². The molecular weight excluding hydrogens is 257 g/mol. The first-order chi connectivity index (χ1) is 9.58. The van der Waals surface area contributed by atoms with Gasteiger partial charge in [0.05, 0.1) is 6.54 Å². The lowest BCUT2D eigenvalue weighted by Crippen LogP contribution is -2.49. The fraction of sp³-hybridized carbons (Fsp3) is 0.533. The lowest BCUT2D eigenvalue weighted by Gasteiger charge is -2.32. The number of nitrogens with zero attached hydrogens (tertiary/aromatic N) is 2. The predicted molar refractivity (Wildman–Crippen MR) is 76.9 cm³/mol. The summed E-state index contributed by atoms with van der Waals surface area (Å²) in [7, 11) is 2.06. The van der Waals surface area contributed by atoms with Crippen molar-refractivity contribution in [3.05, 3.63) is 35.6 Å². The third-order valence-corrected chi connectivity index (χ3v) is 3.79. The van der Waals surface area contributed by atoms with Crippen LogP contribution in [-0.4, -0.2) is 55.5 Å². The Morgan fingerprint density at radius 2 is 1.95 bits per heavy atom. The standard InChI is InChI=1S/C15H22FN3O/c1-12(13-5-3-4-6-14(13)16)17-11-15(20)19-9-7-18(2)8-10-19/h3-6,12,17H,7-11H2,1-2H3. The summed E-state index contributed by atoms with van der Waals surface area (Å²) in [6, 6.07) is 6.48. The lowest BCUT2D eigenvalue weighted by molar-refractivity contribution is -0.131. The molecule has 0 spiro atoms. The number of hydrogen-bond donors (Lipinski definition) is 1. The largest absolute Gasteiger partial charge is 0.339 e. The fourth-order valence-electron chi connectivity index (χ4n) is 2.34. The maximum absolute atomic E-state index is 13.6. The molecule has 4 nitrogen and oxygen atoms in total. The third kappa shape index (κ3) is 3.77. The number of hydrogen-bond acceptors (Lipinski definition) is 3. The molecule has 0 bridgehead atoms. The number of likely N-dealkylation sites (N-methyl/N-ethyl adjacent to an activating group) is 1. The van der Waals surface area contributed by atoms with E-state index in [-0.39, 0.29) is 24.3 Å². The van der Waals surface area contributed by atoms with Crippen LogP contribution in [0.25, 0.3) is 0 Å². The van der Waals surface area contributed by atoms with E-state index >= 15 is 0 Å². The summed E-state index contributed by atoms with van der Waals surface area (Å²) in [5, 5.41) is 3.10. The Balaban J connectivity index is 1.83. The molecular formula is C15H22FN3O. The SMILES string of the molecule is CC(NCC(=O)N1CCN(C)CC1)c1ccccc1F. The normalized spacial score (nSPS) is 18.1. The summed E-state index contributed by atoms with van der Waals surface area (Å²) >= 11 is 0. The minimum Gasteiger partial charge on any atom is -0.339 e. The number of halogens is 1. The first-order valence-electron chi connectivity index (χ1n) is 7.02. The molecule has 1 heterocycles. The summed E-state index contributed by atoms with van der Waals surface area (Å²) in [4.78, 5) is 16.1. The van der Waals surface area contributed by atoms with Gasteiger partial charge in [-0.05, 0) is 20.0 Å². The van der Waals surface area contributed by atoms with E-state index in [1.807, 2.05) is 11.8 Å². The Bertz CT molecular complexity index is 458. The van der Waals surface area contributed by atoms with Crippen LogP contribution in [0.2, 0.25) is 0 Å². The quantitative estimate of drug-likeness (QED) is 0.901. The molecule has 1 aromatic carbocycles. The Kier molecular flexibility index (Phi) is 5.09. The molecule has 0 radical (unpaired) electrons. The average molecular weight is 279 g/mol. The van der Waals surface area contributed by atoms with Crippen molar-refractivity contribution in [1.82, 2.24) is 15.1 Å². The zero-order valence-corrected chi connectivity index (χ0v) is 12.1. The fourth-order valence-corrected chi connectivity index (χ4v) is 2.34. The number of piperazine rings is 1. The topological polar surface area (TPSA) is 35.6 Å². The van der Waals surface area contributed by atoms with Gasteiger partial charge in [0, 0.05) is 37.8 Å². The van der Waals surface area contributed by atoms with Gasteiger partial charge >= 0.3 is 0 Å². The van der Waals surface area contributed by atoms with Crippen LogP contribution in [0.15, 0.2) is 24.3 Å². The second-order valence-corrected chi connectivity index (χ2v) is 5.31. The van der Waals surface area contributed by atoms with Gasteiger partial charge in [-0.25, -0.2) is 4.39 Å². The molecule has 20 heavy (non-hydrogen) atoms. The maximum atomic E-state index is 13.6. The van der Waals surface area contributed by atoms with Crippen molar-refractivity contribution in [3.63, 3.8) is 0 Å². The maximum Gasteiger partial charge on any atom is 0.236 e. The van der Waals surface area contributed by atoms with E-state index in [9.17, 15) is 9.18 Å². The first-order valence-corrected chi connectivity index (χ1v) is 7.02. The molecule has 1 unspecified atom stereocenters. The monoisotopic (exact) mass is 279 g/mol. The van der Waals surface area contributed by atoms with Gasteiger partial charge in [-0.15, -0.1) is 0 Å². The lowest BCUT2D eigenvalue weighted by atomic mass is 10.1. The molecule has 1 fully saturated rings. The molecule has 1 aromatic rings. The van der Waals surface area contributed by atoms with Gasteiger partial charge < -0.3 is 15.1 Å². The summed E-state index contributed by atoms with van der Waals surface area (Å²) in [6.07, 6.45) is 0. The highest BCUT2D eigenvalue weighted by molar-refractivity contribution is 5.78. The van der Waals surface area contributed by atoms with Crippen LogP contribution < -0.4 is 5.32 Å². The molecule has 1 aliphatic heterocycles. The number of carbonyl (C=O) groups is 1. The molecule has 0 saturated carbocycles. The smallest absolute Gasteiger partial charge is 0.236 e. The van der Waals surface area contributed by atoms with E-state index in [1.165, 1.54) is 6.07 Å². The molecule has 1 aliphatic rings. The Labute approximate surface area is 119 Å². The molecule has 2 rings (SSSR count). The van der Waals surface area contributed by atoms with Gasteiger partial charge in [0.15, 0.2) is 0 Å². The van der Waals surface area contributed by atoms with Crippen LogP contribution in [0.5, 0.6) is 0 Å². The number of amides is 1. The Morgan fingerprint density at radius 1 is 1.30 bits per heavy atom. The molecule has 1 atom stereocenters. The van der Waals surface area contributed by atoms with Crippen LogP contribution >= 0.6 is 0 Å². The average Bonchev–Trinajstić information content (AvgIpc) is 2.45. The van der Waals surface area contributed by atoms with Gasteiger partial charge in [0.25, 0.3) is 0 Å². The third-order valence-electron chi connectivity index (χ3n) is 3.79. The number of carbonyl (C=O) groups excluding carboxylic acids is 1. The van der Waals surface area contributed by atoms with Gasteiger partial charge in [-0.3, -0.25) is 4.79 Å². The summed E-state index contributed by atoms with van der Waals surface area (Å²) in [6.45, 7) is 5.48. The van der Waals surface area contributed by atoms with Crippen molar-refractivity contribution in [1.29, 1.82) is 0 Å². The molecule has 1 N–H and O–H groups in total. The molecule has 1 amide bonds. The van der Waals surface area contributed by atoms with Crippen LogP contribution in [0.3, 0.4) is 0 Å². The Hall–Kier alpha value is -1.46. The van der Waals surface area contributed by atoms with Crippen LogP contribution in [-0.2, 0) is 4.79 Å². The molecule has 0 aromatic heterocycles. The zero-order valence-electron chi connectivity index (χ0n) is 12.1. The predicted octanol–water partition coefficient (Wildman–Crippen LogP) is 1.25. The van der Waals surface area contributed by atoms with Gasteiger partial charge in [0.1, 0.15) is 5.82 Å². The van der Waals surface area contributed by atoms with Gasteiger partial charge in [-0.2, -0.15) is 0 Å². The number of nitrogens with one attached hydrogen (secondary N) is 1. The van der Waals surface area contributed by atoms with Gasteiger partial charge in [-0.1, -0.05) is 18.2 Å². The Morgan fingerprint density at radius 3 is 2.60 bits per heavy atom. The second kappa shape index (κ2) is 6.81. The first kappa shape index (κ1) is 14.9. The number of rotatable bonds is 4. The van der Waals surface area contributed by atoms with E-state index in [2.05, 4.69) is 17.3 Å². The van der Waals surface area contributed by atoms with E-state index < -0.39 is 0 Å². The second-order valence-electron chi connectivity index (χ2n) is 5.31. The van der Waals surface area contributed by atoms with Gasteiger partial charge in [0.2, 0.25) is 5.91 Å². The summed E-state index contributed by atoms with van der Waals surface area (Å²) in [5.74, 6) is -0.152. The highest BCUT2D eigenvalue weighted by Gasteiger charge is 2.19. The summed E-state index contributed by atoms with van der Waals surface area (Å²) < 4.78 is 13.6. The van der Waals surface area contributed by atoms with E-state index in [1.54, 1.807) is 18.2 Å². The molecule has 5 heteroatoms. The number of benzene rings is 1. The van der Waals surface area contributed by atoms with Crippen molar-refractivity contribution in [3.8, 4) is 0 Å². The van der Waals surface area contributed by atoms with Crippen molar-refractivity contribution in [2.75, 3.05) is 39.8 Å². The zero-order chi connectivity index (χ0) is 14.5. The highest BCUT2D eigenvalue weighted by atomic mass is 19.1. The van der Waals surface area contributed by atoms with E-state index in [0.29, 0.717) is 5.56 Å². The highest BCUT2D eigenvalue weighted by Crippen LogP contribution is 2.15. The minimum absolute atomic E-state index is 0.0845. The minimum atomic E-state index is -0.237. The molecule has 110 valence electrons. The molecule has 1 saturated heterocycles.